The molecule has 0 aliphatic carbocycles. The number of nitrogens with zero attached hydrogens (tertiary/aromatic N) is 1. The summed E-state index contributed by atoms with van der Waals surface area (Å²) in [6.45, 7) is 1.63. The molecular formula is C16H17FN4O3. The lowest BCUT2D eigenvalue weighted by Crippen LogP contribution is -2.46. The minimum atomic E-state index is -0.783. The Hall–Kier alpha value is -3.16. The van der Waals surface area contributed by atoms with E-state index in [1.807, 2.05) is 0 Å². The molecule has 1 atom stereocenters. The number of halogens is 1. The summed E-state index contributed by atoms with van der Waals surface area (Å²) in [5.74, 6) is -0.289. The molecule has 0 aliphatic heterocycles. The van der Waals surface area contributed by atoms with Gasteiger partial charge < -0.3 is 21.1 Å². The van der Waals surface area contributed by atoms with Gasteiger partial charge in [-0.2, -0.15) is 0 Å². The number of aromatic nitrogens is 1. The molecule has 0 bridgehead atoms. The lowest BCUT2D eigenvalue weighted by molar-refractivity contribution is -0.122. The maximum Gasteiger partial charge on any atom is 0.312 e. The Morgan fingerprint density at radius 2 is 2.12 bits per heavy atom. The molecule has 0 unspecified atom stereocenters. The van der Waals surface area contributed by atoms with E-state index < -0.39 is 23.8 Å². The molecule has 126 valence electrons. The summed E-state index contributed by atoms with van der Waals surface area (Å²) in [7, 11) is 0. The summed E-state index contributed by atoms with van der Waals surface area (Å²) in [5, 5.41) is 4.92. The van der Waals surface area contributed by atoms with Crippen LogP contribution in [0.5, 0.6) is 11.6 Å². The lowest BCUT2D eigenvalue weighted by Gasteiger charge is -2.14. The fourth-order valence-corrected chi connectivity index (χ4v) is 1.91. The summed E-state index contributed by atoms with van der Waals surface area (Å²) in [5.41, 5.74) is 5.57. The summed E-state index contributed by atoms with van der Waals surface area (Å²) < 4.78 is 18.8. The summed E-state index contributed by atoms with van der Waals surface area (Å²) in [4.78, 5) is 26.7. The number of carbonyl (C=O) groups excluding carboxylic acids is 2. The lowest BCUT2D eigenvalue weighted by atomic mass is 10.2. The minimum Gasteiger partial charge on any atom is -0.439 e. The summed E-state index contributed by atoms with van der Waals surface area (Å²) in [6, 6.07) is 7.50. The van der Waals surface area contributed by atoms with Gasteiger partial charge in [0.05, 0.1) is 0 Å². The smallest absolute Gasteiger partial charge is 0.312 e. The maximum absolute atomic E-state index is 13.2. The van der Waals surface area contributed by atoms with Crippen LogP contribution in [0.4, 0.5) is 9.18 Å². The number of primary amides is 1. The van der Waals surface area contributed by atoms with Crippen molar-refractivity contribution in [3.8, 4) is 11.6 Å². The van der Waals surface area contributed by atoms with E-state index in [9.17, 15) is 14.0 Å². The number of rotatable bonds is 6. The van der Waals surface area contributed by atoms with Crippen LogP contribution >= 0.6 is 0 Å². The Labute approximate surface area is 138 Å². The van der Waals surface area contributed by atoms with Crippen LogP contribution in [-0.2, 0) is 11.3 Å². The molecule has 0 fully saturated rings. The molecule has 0 saturated heterocycles. The van der Waals surface area contributed by atoms with Gasteiger partial charge >= 0.3 is 6.03 Å². The number of urea groups is 1. The number of amides is 3. The maximum atomic E-state index is 13.2. The monoisotopic (exact) mass is 332 g/mol. The number of nitrogens with two attached hydrogens (primary N) is 1. The molecule has 1 aromatic heterocycles. The Bertz CT molecular complexity index is 739. The van der Waals surface area contributed by atoms with Gasteiger partial charge in [-0.1, -0.05) is 12.1 Å². The average molecular weight is 332 g/mol. The highest BCUT2D eigenvalue weighted by Crippen LogP contribution is 2.23. The predicted molar refractivity (Wildman–Crippen MR) is 84.7 cm³/mol. The third-order valence-electron chi connectivity index (χ3n) is 3.07. The van der Waals surface area contributed by atoms with Gasteiger partial charge in [0, 0.05) is 24.4 Å². The number of hydrogen-bond donors (Lipinski definition) is 3. The standard InChI is InChI=1S/C16H17FN4O3/c1-10(21-16(18)23)14(22)20-9-11-4-3-7-19-15(11)24-13-6-2-5-12(17)8-13/h2-8,10H,9H2,1H3,(H,20,22)(H3,18,21,23)/t10-/m0/s1. The second-order valence-corrected chi connectivity index (χ2v) is 4.98. The van der Waals surface area contributed by atoms with Crippen LogP contribution in [-0.4, -0.2) is 23.0 Å². The van der Waals surface area contributed by atoms with E-state index in [2.05, 4.69) is 15.6 Å². The molecule has 0 saturated carbocycles. The van der Waals surface area contributed by atoms with Gasteiger partial charge in [-0.3, -0.25) is 4.79 Å². The number of benzene rings is 1. The summed E-state index contributed by atoms with van der Waals surface area (Å²) in [6.07, 6.45) is 1.53. The number of carbonyl (C=O) groups is 2. The van der Waals surface area contributed by atoms with Crippen LogP contribution in [0, 0.1) is 5.82 Å². The zero-order chi connectivity index (χ0) is 17.5. The second kappa shape index (κ2) is 7.91. The van der Waals surface area contributed by atoms with E-state index in [4.69, 9.17) is 10.5 Å². The molecule has 0 spiro atoms. The van der Waals surface area contributed by atoms with Crippen LogP contribution in [0.25, 0.3) is 0 Å². The normalized spacial score (nSPS) is 11.4. The SMILES string of the molecule is C[C@H](NC(N)=O)C(=O)NCc1cccnc1Oc1cccc(F)c1. The van der Waals surface area contributed by atoms with Gasteiger partial charge in [-0.15, -0.1) is 0 Å². The average Bonchev–Trinajstić information content (AvgIpc) is 2.53. The first-order chi connectivity index (χ1) is 11.5. The van der Waals surface area contributed by atoms with Gasteiger partial charge in [-0.25, -0.2) is 14.2 Å². The molecule has 3 amide bonds. The zero-order valence-electron chi connectivity index (χ0n) is 13.0. The largest absolute Gasteiger partial charge is 0.439 e. The molecule has 1 aromatic carbocycles. The number of ether oxygens (including phenoxy) is 1. The molecule has 4 N–H and O–H groups in total. The van der Waals surface area contributed by atoms with Crippen LogP contribution in [0.15, 0.2) is 42.6 Å². The molecule has 24 heavy (non-hydrogen) atoms. The van der Waals surface area contributed by atoms with E-state index in [0.29, 0.717) is 11.3 Å². The topological polar surface area (TPSA) is 106 Å². The highest BCUT2D eigenvalue weighted by atomic mass is 19.1. The Kier molecular flexibility index (Phi) is 5.67. The number of pyridine rings is 1. The zero-order valence-corrected chi connectivity index (χ0v) is 13.0. The molecule has 0 radical (unpaired) electrons. The first-order valence-corrected chi connectivity index (χ1v) is 7.16. The van der Waals surface area contributed by atoms with Crippen molar-refractivity contribution < 1.29 is 18.7 Å². The third kappa shape index (κ3) is 4.94. The number of hydrogen-bond acceptors (Lipinski definition) is 4. The molecule has 2 aromatic rings. The highest BCUT2D eigenvalue weighted by molar-refractivity contribution is 5.86. The summed E-state index contributed by atoms with van der Waals surface area (Å²) >= 11 is 0. The van der Waals surface area contributed by atoms with Gasteiger partial charge in [0.25, 0.3) is 0 Å². The van der Waals surface area contributed by atoms with Crippen molar-refractivity contribution in [2.24, 2.45) is 5.73 Å². The van der Waals surface area contributed by atoms with Crippen molar-refractivity contribution in [2.45, 2.75) is 19.5 Å². The van der Waals surface area contributed by atoms with E-state index >= 15 is 0 Å². The fourth-order valence-electron chi connectivity index (χ4n) is 1.91. The van der Waals surface area contributed by atoms with Crippen molar-refractivity contribution in [1.82, 2.24) is 15.6 Å². The van der Waals surface area contributed by atoms with Crippen LogP contribution in [0.1, 0.15) is 12.5 Å². The Morgan fingerprint density at radius 3 is 2.83 bits per heavy atom. The van der Waals surface area contributed by atoms with Crippen molar-refractivity contribution in [3.05, 3.63) is 54.0 Å². The van der Waals surface area contributed by atoms with Crippen molar-refractivity contribution >= 4 is 11.9 Å². The van der Waals surface area contributed by atoms with E-state index in [1.54, 1.807) is 18.2 Å². The van der Waals surface area contributed by atoms with Crippen molar-refractivity contribution in [2.75, 3.05) is 0 Å². The van der Waals surface area contributed by atoms with Crippen molar-refractivity contribution in [1.29, 1.82) is 0 Å². The molecule has 7 nitrogen and oxygen atoms in total. The molecule has 1 heterocycles. The van der Waals surface area contributed by atoms with E-state index in [1.165, 1.54) is 31.3 Å². The molecule has 2 rings (SSSR count). The van der Waals surface area contributed by atoms with Gasteiger partial charge in [0.1, 0.15) is 17.6 Å². The van der Waals surface area contributed by atoms with Gasteiger partial charge in [0.2, 0.25) is 11.8 Å². The second-order valence-electron chi connectivity index (χ2n) is 4.98. The number of nitrogens with one attached hydrogen (secondary N) is 2. The first-order valence-electron chi connectivity index (χ1n) is 7.16. The van der Waals surface area contributed by atoms with Crippen molar-refractivity contribution in [3.63, 3.8) is 0 Å². The molecular weight excluding hydrogens is 315 g/mol. The third-order valence-corrected chi connectivity index (χ3v) is 3.07. The Morgan fingerprint density at radius 1 is 1.33 bits per heavy atom. The van der Waals surface area contributed by atoms with E-state index in [0.717, 1.165) is 0 Å². The van der Waals surface area contributed by atoms with E-state index in [-0.39, 0.29) is 12.4 Å². The fraction of sp³-hybridized carbons (Fsp3) is 0.188. The van der Waals surface area contributed by atoms with Gasteiger partial charge in [-0.05, 0) is 25.1 Å². The first kappa shape index (κ1) is 17.2. The molecule has 0 aliphatic rings. The van der Waals surface area contributed by atoms with Crippen LogP contribution < -0.4 is 21.1 Å². The Balaban J connectivity index is 2.03. The minimum absolute atomic E-state index is 0.127. The van der Waals surface area contributed by atoms with Crippen LogP contribution in [0.3, 0.4) is 0 Å². The van der Waals surface area contributed by atoms with Gasteiger partial charge in [0.15, 0.2) is 0 Å². The quantitative estimate of drug-likeness (QED) is 0.748. The predicted octanol–water partition coefficient (Wildman–Crippen LogP) is 1.69. The van der Waals surface area contributed by atoms with Crippen LogP contribution in [0.2, 0.25) is 0 Å². The highest BCUT2D eigenvalue weighted by Gasteiger charge is 2.15. The molecule has 8 heteroatoms.